The molecule has 4 aromatic rings. The summed E-state index contributed by atoms with van der Waals surface area (Å²) in [4.78, 5) is 4.16. The topological polar surface area (TPSA) is 83.8 Å². The largest absolute Gasteiger partial charge is 0.479 e. The summed E-state index contributed by atoms with van der Waals surface area (Å²) < 4.78 is 25.6. The maximum absolute atomic E-state index is 14.5. The molecule has 7 nitrogen and oxygen atoms in total. The monoisotopic (exact) mass is 566 g/mol. The number of hydrogen-bond donors (Lipinski definition) is 1. The first-order chi connectivity index (χ1) is 17.7. The highest BCUT2D eigenvalue weighted by Gasteiger charge is 2.28. The van der Waals surface area contributed by atoms with Crippen LogP contribution in [0.15, 0.2) is 53.5 Å². The van der Waals surface area contributed by atoms with Gasteiger partial charge in [0.25, 0.3) is 0 Å². The highest BCUT2D eigenvalue weighted by atomic mass is 79.9. The molecular weight excluding hydrogens is 535 g/mol. The van der Waals surface area contributed by atoms with Gasteiger partial charge in [0.2, 0.25) is 0 Å². The number of halogens is 2. The van der Waals surface area contributed by atoms with Crippen LogP contribution in [0, 0.1) is 11.7 Å². The van der Waals surface area contributed by atoms with Crippen LogP contribution in [-0.4, -0.2) is 24.5 Å². The molecule has 1 aromatic carbocycles. The van der Waals surface area contributed by atoms with Gasteiger partial charge in [0, 0.05) is 54.6 Å². The highest BCUT2D eigenvalue weighted by molar-refractivity contribution is 9.10. The molecule has 0 amide bonds. The fraction of sp³-hybridized carbons (Fsp3) is 0.393. The van der Waals surface area contributed by atoms with Crippen molar-refractivity contribution >= 4 is 21.7 Å². The van der Waals surface area contributed by atoms with E-state index in [9.17, 15) is 4.39 Å². The third kappa shape index (κ3) is 6.04. The van der Waals surface area contributed by atoms with E-state index in [0.29, 0.717) is 12.2 Å². The van der Waals surface area contributed by atoms with Crippen molar-refractivity contribution in [2.24, 2.45) is 5.92 Å². The lowest BCUT2D eigenvalue weighted by molar-refractivity contribution is 0.108. The van der Waals surface area contributed by atoms with Gasteiger partial charge in [0.1, 0.15) is 11.4 Å². The number of nitrogen functional groups attached to an aromatic ring is 1. The second-order valence-corrected chi connectivity index (χ2v) is 11.2. The van der Waals surface area contributed by atoms with Gasteiger partial charge < -0.3 is 10.5 Å². The molecule has 1 aliphatic rings. The summed E-state index contributed by atoms with van der Waals surface area (Å²) in [6.07, 6.45) is 11.7. The van der Waals surface area contributed by atoms with Crippen molar-refractivity contribution in [1.82, 2.24) is 24.5 Å². The summed E-state index contributed by atoms with van der Waals surface area (Å²) in [5.41, 5.74) is 10.1. The third-order valence-corrected chi connectivity index (χ3v) is 7.20. The minimum Gasteiger partial charge on any atom is -0.479 e. The van der Waals surface area contributed by atoms with Crippen molar-refractivity contribution in [3.05, 3.63) is 87.3 Å². The lowest BCUT2D eigenvalue weighted by Crippen LogP contribution is -2.28. The van der Waals surface area contributed by atoms with E-state index in [0.717, 1.165) is 57.8 Å². The van der Waals surface area contributed by atoms with Crippen LogP contribution in [0.25, 0.3) is 0 Å². The van der Waals surface area contributed by atoms with E-state index in [1.54, 1.807) is 12.3 Å². The molecule has 1 aliphatic carbocycles. The molecule has 0 unspecified atom stereocenters. The van der Waals surface area contributed by atoms with Crippen LogP contribution >= 0.6 is 15.9 Å². The van der Waals surface area contributed by atoms with Crippen LogP contribution in [0.5, 0.6) is 5.75 Å². The Balaban J connectivity index is 1.43. The number of aromatic nitrogens is 5. The second kappa shape index (κ2) is 10.3. The molecule has 0 spiro atoms. The standard InChI is InChI=1S/C28H32BrFN6O/c1-4-35-17-21(9-19-13-33-36(16-19)15-18-5-6-18)25(34-35)10-20-7-8-23(30)12-24(20)28(2,3)37-26-11-22(29)14-32-27(26)31/h7-8,11-14,16-18H,4-6,9-10,15H2,1-3H3,(H2,31,32). The number of nitrogens with zero attached hydrogens (tertiary/aromatic N) is 5. The van der Waals surface area contributed by atoms with Gasteiger partial charge in [-0.3, -0.25) is 9.36 Å². The minimum atomic E-state index is -0.870. The molecule has 3 heterocycles. The molecule has 0 saturated heterocycles. The van der Waals surface area contributed by atoms with E-state index in [-0.39, 0.29) is 11.6 Å². The molecule has 9 heteroatoms. The number of anilines is 1. The number of rotatable bonds is 10. The Kier molecular flexibility index (Phi) is 7.07. The highest BCUT2D eigenvalue weighted by Crippen LogP contribution is 2.35. The number of ether oxygens (including phenoxy) is 1. The fourth-order valence-electron chi connectivity index (χ4n) is 4.63. The number of benzene rings is 1. The van der Waals surface area contributed by atoms with Crippen molar-refractivity contribution in [3.8, 4) is 5.75 Å². The Morgan fingerprint density at radius 3 is 2.68 bits per heavy atom. The summed E-state index contributed by atoms with van der Waals surface area (Å²) in [5, 5.41) is 9.41. The zero-order valence-corrected chi connectivity index (χ0v) is 23.0. The molecule has 0 bridgehead atoms. The van der Waals surface area contributed by atoms with Gasteiger partial charge >= 0.3 is 0 Å². The summed E-state index contributed by atoms with van der Waals surface area (Å²) >= 11 is 3.42. The fourth-order valence-corrected chi connectivity index (χ4v) is 4.94. The molecule has 37 heavy (non-hydrogen) atoms. The first-order valence-corrected chi connectivity index (χ1v) is 13.4. The zero-order valence-electron chi connectivity index (χ0n) is 21.4. The Morgan fingerprint density at radius 1 is 1.11 bits per heavy atom. The van der Waals surface area contributed by atoms with Crippen LogP contribution in [0.1, 0.15) is 61.6 Å². The maximum Gasteiger partial charge on any atom is 0.166 e. The first-order valence-electron chi connectivity index (χ1n) is 12.7. The normalized spacial score (nSPS) is 13.8. The van der Waals surface area contributed by atoms with Gasteiger partial charge in [-0.15, -0.1) is 0 Å². The molecule has 1 fully saturated rings. The van der Waals surface area contributed by atoms with Gasteiger partial charge in [-0.05, 0) is 90.4 Å². The van der Waals surface area contributed by atoms with Gasteiger partial charge in [-0.25, -0.2) is 9.37 Å². The Labute approximate surface area is 225 Å². The molecule has 5 rings (SSSR count). The van der Waals surface area contributed by atoms with E-state index < -0.39 is 5.60 Å². The molecule has 2 N–H and O–H groups in total. The van der Waals surface area contributed by atoms with Crippen molar-refractivity contribution in [2.45, 2.75) is 65.1 Å². The summed E-state index contributed by atoms with van der Waals surface area (Å²) in [5.74, 6) is 1.17. The Morgan fingerprint density at radius 2 is 1.92 bits per heavy atom. The SMILES string of the molecule is CCn1cc(Cc2cnn(CC3CC3)c2)c(Cc2ccc(F)cc2C(C)(C)Oc2cc(Br)cnc2N)n1. The lowest BCUT2D eigenvalue weighted by atomic mass is 9.89. The second-order valence-electron chi connectivity index (χ2n) is 10.3. The van der Waals surface area contributed by atoms with Crippen molar-refractivity contribution in [2.75, 3.05) is 5.73 Å². The predicted octanol–water partition coefficient (Wildman–Crippen LogP) is 5.88. The smallest absolute Gasteiger partial charge is 0.166 e. The van der Waals surface area contributed by atoms with Gasteiger partial charge in [0.05, 0.1) is 11.9 Å². The number of hydrogen-bond acceptors (Lipinski definition) is 5. The number of pyridine rings is 1. The van der Waals surface area contributed by atoms with E-state index in [2.05, 4.69) is 50.0 Å². The summed E-state index contributed by atoms with van der Waals surface area (Å²) in [6, 6.07) is 6.62. The molecular formula is C28H32BrFN6O. The molecule has 0 atom stereocenters. The van der Waals surface area contributed by atoms with Crippen LogP contribution < -0.4 is 10.5 Å². The van der Waals surface area contributed by atoms with Gasteiger partial charge in [0.15, 0.2) is 11.6 Å². The molecule has 1 saturated carbocycles. The van der Waals surface area contributed by atoms with Gasteiger partial charge in [-0.1, -0.05) is 6.07 Å². The van der Waals surface area contributed by atoms with Crippen LogP contribution in [0.3, 0.4) is 0 Å². The van der Waals surface area contributed by atoms with E-state index in [1.807, 2.05) is 30.8 Å². The Hall–Kier alpha value is -3.20. The minimum absolute atomic E-state index is 0.278. The molecule has 0 radical (unpaired) electrons. The number of aryl methyl sites for hydroxylation is 1. The third-order valence-electron chi connectivity index (χ3n) is 6.76. The van der Waals surface area contributed by atoms with Crippen LogP contribution in [-0.2, 0) is 31.5 Å². The molecule has 194 valence electrons. The van der Waals surface area contributed by atoms with Crippen molar-refractivity contribution < 1.29 is 9.13 Å². The summed E-state index contributed by atoms with van der Waals surface area (Å²) in [6.45, 7) is 7.66. The Bertz CT molecular complexity index is 1410. The molecule has 0 aliphatic heterocycles. The predicted molar refractivity (Wildman–Crippen MR) is 145 cm³/mol. The average molecular weight is 568 g/mol. The number of nitrogens with two attached hydrogens (primary N) is 1. The average Bonchev–Trinajstić information content (AvgIpc) is 3.43. The van der Waals surface area contributed by atoms with Crippen LogP contribution in [0.4, 0.5) is 10.2 Å². The first kappa shape index (κ1) is 25.4. The zero-order chi connectivity index (χ0) is 26.2. The van der Waals surface area contributed by atoms with E-state index in [4.69, 9.17) is 15.6 Å². The van der Waals surface area contributed by atoms with E-state index >= 15 is 0 Å². The van der Waals surface area contributed by atoms with Crippen LogP contribution in [0.2, 0.25) is 0 Å². The quantitative estimate of drug-likeness (QED) is 0.259. The van der Waals surface area contributed by atoms with Crippen molar-refractivity contribution in [1.29, 1.82) is 0 Å². The van der Waals surface area contributed by atoms with E-state index in [1.165, 1.54) is 25.0 Å². The van der Waals surface area contributed by atoms with Crippen molar-refractivity contribution in [3.63, 3.8) is 0 Å². The molecule has 3 aromatic heterocycles. The maximum atomic E-state index is 14.5. The summed E-state index contributed by atoms with van der Waals surface area (Å²) in [7, 11) is 0. The lowest BCUT2D eigenvalue weighted by Gasteiger charge is -2.29. The van der Waals surface area contributed by atoms with Gasteiger partial charge in [-0.2, -0.15) is 10.2 Å².